The van der Waals surface area contributed by atoms with E-state index < -0.39 is 9.73 Å². The Hall–Kier alpha value is -1.61. The fourth-order valence-electron chi connectivity index (χ4n) is 1.74. The van der Waals surface area contributed by atoms with Gasteiger partial charge >= 0.3 is 0 Å². The molecule has 0 unspecified atom stereocenters. The number of hydrogen-bond acceptors (Lipinski definition) is 2. The quantitative estimate of drug-likeness (QED) is 0.880. The molecule has 0 aromatic heterocycles. The Morgan fingerprint density at radius 1 is 0.765 bits per heavy atom. The Morgan fingerprint density at radius 2 is 1.12 bits per heavy atom. The predicted molar refractivity (Wildman–Crippen MR) is 71.2 cm³/mol. The van der Waals surface area contributed by atoms with E-state index in [2.05, 4.69) is 0 Å². The van der Waals surface area contributed by atoms with Gasteiger partial charge in [0.1, 0.15) is 0 Å². The highest BCUT2D eigenvalue weighted by Crippen LogP contribution is 2.12. The minimum atomic E-state index is -2.59. The first kappa shape index (κ1) is 11.9. The minimum absolute atomic E-state index is 0.322. The van der Waals surface area contributed by atoms with Crippen LogP contribution in [0.2, 0.25) is 0 Å². The summed E-state index contributed by atoms with van der Waals surface area (Å²) < 4.78 is 20.1. The largest absolute Gasteiger partial charge is 0.252 e. The molecule has 2 rings (SSSR count). The summed E-state index contributed by atoms with van der Waals surface area (Å²) in [6.07, 6.45) is 0. The van der Waals surface area contributed by atoms with Crippen molar-refractivity contribution in [2.75, 3.05) is 0 Å². The number of rotatable bonds is 4. The van der Waals surface area contributed by atoms with Gasteiger partial charge in [-0.25, -0.2) is 4.21 Å². The molecule has 2 nitrogen and oxygen atoms in total. The molecule has 2 aromatic carbocycles. The molecule has 0 fully saturated rings. The topological polar surface area (TPSA) is 40.9 Å². The first-order valence-electron chi connectivity index (χ1n) is 5.48. The van der Waals surface area contributed by atoms with E-state index in [1.807, 2.05) is 60.7 Å². The third-order valence-electron chi connectivity index (χ3n) is 2.49. The molecule has 0 radical (unpaired) electrons. The van der Waals surface area contributed by atoms with Gasteiger partial charge in [-0.2, -0.15) is 0 Å². The van der Waals surface area contributed by atoms with E-state index >= 15 is 0 Å². The fourth-order valence-corrected chi connectivity index (χ4v) is 3.30. The summed E-state index contributed by atoms with van der Waals surface area (Å²) in [4.78, 5) is 0. The van der Waals surface area contributed by atoms with Crippen LogP contribution in [-0.2, 0) is 21.2 Å². The van der Waals surface area contributed by atoms with Gasteiger partial charge in [0.25, 0.3) is 0 Å². The molecule has 0 heterocycles. The van der Waals surface area contributed by atoms with Crippen molar-refractivity contribution in [3.8, 4) is 0 Å². The highest BCUT2D eigenvalue weighted by atomic mass is 32.2. The molecule has 3 heteroatoms. The van der Waals surface area contributed by atoms with Gasteiger partial charge < -0.3 is 0 Å². The van der Waals surface area contributed by atoms with Crippen LogP contribution in [0.5, 0.6) is 0 Å². The summed E-state index contributed by atoms with van der Waals surface area (Å²) in [6.45, 7) is 0. The van der Waals surface area contributed by atoms with Crippen molar-refractivity contribution in [2.24, 2.45) is 0 Å². The van der Waals surface area contributed by atoms with Crippen molar-refractivity contribution in [1.29, 1.82) is 4.78 Å². The van der Waals surface area contributed by atoms with Crippen LogP contribution >= 0.6 is 0 Å². The molecule has 88 valence electrons. The molecule has 17 heavy (non-hydrogen) atoms. The van der Waals surface area contributed by atoms with Gasteiger partial charge in [0.15, 0.2) is 0 Å². The van der Waals surface area contributed by atoms with Crippen molar-refractivity contribution in [1.82, 2.24) is 0 Å². The first-order chi connectivity index (χ1) is 8.16. The Balaban J connectivity index is 2.11. The van der Waals surface area contributed by atoms with Gasteiger partial charge in [-0.3, -0.25) is 4.78 Å². The van der Waals surface area contributed by atoms with Crippen molar-refractivity contribution < 1.29 is 4.21 Å². The van der Waals surface area contributed by atoms with Crippen LogP contribution < -0.4 is 0 Å². The summed E-state index contributed by atoms with van der Waals surface area (Å²) in [6, 6.07) is 19.1. The maximum Gasteiger partial charge on any atom is 0.0569 e. The standard InChI is InChI=1S/C14H15NOS/c15-17(16,11-13-7-3-1-4-8-13)12-14-9-5-2-6-10-14/h1-10,15H,11-12H2. The van der Waals surface area contributed by atoms with Gasteiger partial charge in [-0.1, -0.05) is 60.7 Å². The lowest BCUT2D eigenvalue weighted by Crippen LogP contribution is -2.05. The second-order valence-corrected chi connectivity index (χ2v) is 6.27. The molecule has 0 spiro atoms. The van der Waals surface area contributed by atoms with Gasteiger partial charge in [0.2, 0.25) is 0 Å². The van der Waals surface area contributed by atoms with Crippen molar-refractivity contribution in [2.45, 2.75) is 11.5 Å². The average Bonchev–Trinajstić information content (AvgIpc) is 2.30. The molecular formula is C14H15NOS. The van der Waals surface area contributed by atoms with Crippen LogP contribution in [0, 0.1) is 4.78 Å². The van der Waals surface area contributed by atoms with Gasteiger partial charge in [-0.05, 0) is 11.1 Å². The van der Waals surface area contributed by atoms with Crippen LogP contribution in [0.15, 0.2) is 60.7 Å². The average molecular weight is 245 g/mol. The molecule has 1 N–H and O–H groups in total. The molecule has 0 amide bonds. The molecular weight excluding hydrogens is 230 g/mol. The second kappa shape index (κ2) is 5.15. The first-order valence-corrected chi connectivity index (χ1v) is 7.37. The Labute approximate surface area is 102 Å². The molecule has 0 aliphatic carbocycles. The van der Waals surface area contributed by atoms with E-state index in [4.69, 9.17) is 4.78 Å². The molecule has 0 atom stereocenters. The Morgan fingerprint density at radius 3 is 1.47 bits per heavy atom. The number of nitrogens with one attached hydrogen (secondary N) is 1. The highest BCUT2D eigenvalue weighted by Gasteiger charge is 2.08. The predicted octanol–water partition coefficient (Wildman–Crippen LogP) is 3.43. The summed E-state index contributed by atoms with van der Waals surface area (Å²) in [5, 5.41) is 0. The third-order valence-corrected chi connectivity index (χ3v) is 4.08. The number of hydrogen-bond donors (Lipinski definition) is 1. The van der Waals surface area contributed by atoms with E-state index in [1.165, 1.54) is 0 Å². The van der Waals surface area contributed by atoms with Crippen molar-refractivity contribution in [3.63, 3.8) is 0 Å². The lowest BCUT2D eigenvalue weighted by atomic mass is 10.2. The molecule has 0 saturated carbocycles. The van der Waals surface area contributed by atoms with Crippen molar-refractivity contribution in [3.05, 3.63) is 71.8 Å². The maximum atomic E-state index is 12.2. The zero-order valence-electron chi connectivity index (χ0n) is 9.50. The van der Waals surface area contributed by atoms with E-state index in [1.54, 1.807) is 0 Å². The summed E-state index contributed by atoms with van der Waals surface area (Å²) in [7, 11) is -2.59. The van der Waals surface area contributed by atoms with Gasteiger partial charge in [0, 0.05) is 0 Å². The summed E-state index contributed by atoms with van der Waals surface area (Å²) in [5.74, 6) is 0.644. The zero-order chi connectivity index (χ0) is 12.1. The Kier molecular flexibility index (Phi) is 3.59. The lowest BCUT2D eigenvalue weighted by molar-refractivity contribution is 0.673. The van der Waals surface area contributed by atoms with E-state index in [0.717, 1.165) is 11.1 Å². The maximum absolute atomic E-state index is 12.2. The van der Waals surface area contributed by atoms with Gasteiger partial charge in [0.05, 0.1) is 21.2 Å². The van der Waals surface area contributed by atoms with Crippen LogP contribution in [0.3, 0.4) is 0 Å². The Bertz CT molecular complexity index is 514. The molecule has 0 saturated heterocycles. The van der Waals surface area contributed by atoms with Crippen LogP contribution in [0.25, 0.3) is 0 Å². The van der Waals surface area contributed by atoms with Crippen LogP contribution in [0.4, 0.5) is 0 Å². The second-order valence-electron chi connectivity index (χ2n) is 4.07. The SMILES string of the molecule is N=S(=O)(Cc1ccccc1)Cc1ccccc1. The molecule has 0 aliphatic heterocycles. The molecule has 2 aromatic rings. The minimum Gasteiger partial charge on any atom is -0.252 e. The molecule has 0 aliphatic rings. The van der Waals surface area contributed by atoms with Gasteiger partial charge in [-0.15, -0.1) is 0 Å². The summed E-state index contributed by atoms with van der Waals surface area (Å²) in [5.41, 5.74) is 1.92. The van der Waals surface area contributed by atoms with E-state index in [-0.39, 0.29) is 0 Å². The summed E-state index contributed by atoms with van der Waals surface area (Å²) >= 11 is 0. The molecule has 0 bridgehead atoms. The van der Waals surface area contributed by atoms with Crippen LogP contribution in [0.1, 0.15) is 11.1 Å². The normalized spacial score (nSPS) is 11.3. The van der Waals surface area contributed by atoms with E-state index in [0.29, 0.717) is 11.5 Å². The fraction of sp³-hybridized carbons (Fsp3) is 0.143. The lowest BCUT2D eigenvalue weighted by Gasteiger charge is -2.07. The number of benzene rings is 2. The van der Waals surface area contributed by atoms with Crippen molar-refractivity contribution >= 4 is 9.73 Å². The monoisotopic (exact) mass is 245 g/mol. The highest BCUT2D eigenvalue weighted by molar-refractivity contribution is 7.90. The third kappa shape index (κ3) is 3.71. The smallest absolute Gasteiger partial charge is 0.0569 e. The zero-order valence-corrected chi connectivity index (χ0v) is 10.3. The van der Waals surface area contributed by atoms with Crippen LogP contribution in [-0.4, -0.2) is 4.21 Å². The van der Waals surface area contributed by atoms with E-state index in [9.17, 15) is 4.21 Å².